The summed E-state index contributed by atoms with van der Waals surface area (Å²) >= 11 is 0. The molecule has 0 atom stereocenters. The smallest absolute Gasteiger partial charge is 0.252 e. The van der Waals surface area contributed by atoms with Crippen molar-refractivity contribution < 1.29 is 9.53 Å². The minimum atomic E-state index is -0.0803. The van der Waals surface area contributed by atoms with Gasteiger partial charge in [-0.1, -0.05) is 6.07 Å². The Labute approximate surface area is 204 Å². The molecule has 2 aromatic heterocycles. The van der Waals surface area contributed by atoms with Gasteiger partial charge in [-0.3, -0.25) is 9.78 Å². The number of piperidine rings is 1. The lowest BCUT2D eigenvalue weighted by atomic mass is 9.89. The average molecular weight is 468 g/mol. The molecule has 7 heteroatoms. The number of nitrogens with zero attached hydrogens (tertiary/aromatic N) is 3. The highest BCUT2D eigenvalue weighted by Crippen LogP contribution is 2.33. The lowest BCUT2D eigenvalue weighted by molar-refractivity contribution is 0.0952. The maximum atomic E-state index is 12.8. The van der Waals surface area contributed by atoms with Crippen molar-refractivity contribution in [3.8, 4) is 11.8 Å². The van der Waals surface area contributed by atoms with Crippen LogP contribution in [0.4, 0.5) is 0 Å². The number of fused-ring (bicyclic) bond motifs is 2. The Morgan fingerprint density at radius 1 is 1.20 bits per heavy atom. The molecule has 2 N–H and O–H groups in total. The molecule has 1 amide bonds. The molecule has 2 aromatic carbocycles. The molecule has 4 aromatic rings. The minimum Gasteiger partial charge on any atom is -0.497 e. The van der Waals surface area contributed by atoms with E-state index in [-0.39, 0.29) is 5.91 Å². The molecule has 7 nitrogen and oxygen atoms in total. The van der Waals surface area contributed by atoms with Crippen LogP contribution in [0.1, 0.15) is 46.7 Å². The number of nitrogens with one attached hydrogen (secondary N) is 2. The van der Waals surface area contributed by atoms with Crippen molar-refractivity contribution in [3.63, 3.8) is 0 Å². The van der Waals surface area contributed by atoms with Crippen LogP contribution in [0.15, 0.2) is 54.9 Å². The fourth-order valence-corrected chi connectivity index (χ4v) is 5.07. The maximum absolute atomic E-state index is 12.8. The van der Waals surface area contributed by atoms with Gasteiger partial charge in [-0.15, -0.1) is 0 Å². The van der Waals surface area contributed by atoms with Gasteiger partial charge in [0, 0.05) is 35.2 Å². The predicted molar refractivity (Wildman–Crippen MR) is 137 cm³/mol. The summed E-state index contributed by atoms with van der Waals surface area (Å²) < 4.78 is 5.31. The number of rotatable bonds is 7. The number of nitriles is 1. The fraction of sp³-hybridized carbons (Fsp3) is 0.321. The van der Waals surface area contributed by atoms with E-state index >= 15 is 0 Å². The molecule has 5 rings (SSSR count). The third-order valence-electron chi connectivity index (χ3n) is 7.00. The summed E-state index contributed by atoms with van der Waals surface area (Å²) in [5.41, 5.74) is 4.48. The lowest BCUT2D eigenvalue weighted by Crippen LogP contribution is -2.35. The van der Waals surface area contributed by atoms with Crippen LogP contribution in [0.2, 0.25) is 0 Å². The van der Waals surface area contributed by atoms with E-state index in [1.807, 2.05) is 30.3 Å². The van der Waals surface area contributed by atoms with Gasteiger partial charge in [0.15, 0.2) is 0 Å². The predicted octanol–water partition coefficient (Wildman–Crippen LogP) is 4.60. The van der Waals surface area contributed by atoms with Crippen LogP contribution in [-0.2, 0) is 0 Å². The molecule has 178 valence electrons. The largest absolute Gasteiger partial charge is 0.497 e. The first-order valence-electron chi connectivity index (χ1n) is 12.1. The Morgan fingerprint density at radius 2 is 2.06 bits per heavy atom. The Balaban J connectivity index is 1.11. The molecule has 1 aliphatic rings. The maximum Gasteiger partial charge on any atom is 0.252 e. The number of aromatic amines is 1. The van der Waals surface area contributed by atoms with E-state index in [1.165, 1.54) is 10.9 Å². The molecular formula is C28H29N5O2. The average Bonchev–Trinajstić information content (AvgIpc) is 3.33. The van der Waals surface area contributed by atoms with E-state index in [0.29, 0.717) is 29.3 Å². The summed E-state index contributed by atoms with van der Waals surface area (Å²) in [6.07, 6.45) is 6.92. The molecule has 0 unspecified atom stereocenters. The zero-order valence-corrected chi connectivity index (χ0v) is 19.9. The van der Waals surface area contributed by atoms with Gasteiger partial charge in [-0.25, -0.2) is 0 Å². The number of amides is 1. The van der Waals surface area contributed by atoms with E-state index < -0.39 is 0 Å². The number of hydrogen-bond donors (Lipinski definition) is 2. The van der Waals surface area contributed by atoms with Crippen molar-refractivity contribution >= 4 is 27.7 Å². The number of benzene rings is 2. The second kappa shape index (κ2) is 10.2. The summed E-state index contributed by atoms with van der Waals surface area (Å²) in [7, 11) is 1.62. The van der Waals surface area contributed by atoms with Gasteiger partial charge in [0.1, 0.15) is 5.75 Å². The molecule has 0 bridgehead atoms. The van der Waals surface area contributed by atoms with Crippen LogP contribution in [0.25, 0.3) is 21.8 Å². The van der Waals surface area contributed by atoms with Gasteiger partial charge in [-0.2, -0.15) is 5.26 Å². The van der Waals surface area contributed by atoms with Crippen LogP contribution >= 0.6 is 0 Å². The molecular weight excluding hydrogens is 438 g/mol. The third-order valence-corrected chi connectivity index (χ3v) is 7.00. The molecule has 35 heavy (non-hydrogen) atoms. The van der Waals surface area contributed by atoms with Crippen molar-refractivity contribution in [1.29, 1.82) is 5.26 Å². The molecule has 0 saturated carbocycles. The fourth-order valence-electron chi connectivity index (χ4n) is 5.07. The van der Waals surface area contributed by atoms with Crippen molar-refractivity contribution in [3.05, 3.63) is 71.5 Å². The monoisotopic (exact) mass is 467 g/mol. The van der Waals surface area contributed by atoms with E-state index in [2.05, 4.69) is 38.5 Å². The number of pyridine rings is 1. The standard InChI is InChI=1S/C28H29N5O2/c1-35-21-4-6-26-24(16-21)23(7-11-30-26)28(34)31-10-2-12-33-13-8-20(9-14-33)25-18-32-27-15-19(17-29)3-5-22(25)27/h3-7,11,15-16,18,20,32H,2,8-10,12-14H2,1H3,(H,31,34). The van der Waals surface area contributed by atoms with Gasteiger partial charge in [0.25, 0.3) is 5.91 Å². The molecule has 0 spiro atoms. The topological polar surface area (TPSA) is 94.0 Å². The summed E-state index contributed by atoms with van der Waals surface area (Å²) in [5, 5.41) is 14.2. The SMILES string of the molecule is COc1ccc2nccc(C(=O)NCCCN3CCC(c4c[nH]c5cc(C#N)ccc45)CC3)c2c1. The van der Waals surface area contributed by atoms with Gasteiger partial charge >= 0.3 is 0 Å². The van der Waals surface area contributed by atoms with Crippen LogP contribution in [-0.4, -0.2) is 54.1 Å². The number of likely N-dealkylation sites (tertiary alicyclic amines) is 1. The summed E-state index contributed by atoms with van der Waals surface area (Å²) in [5.74, 6) is 1.16. The van der Waals surface area contributed by atoms with Crippen molar-refractivity contribution in [2.24, 2.45) is 0 Å². The number of aromatic nitrogens is 2. The number of carbonyl (C=O) groups excluding carboxylic acids is 1. The van der Waals surface area contributed by atoms with Crippen LogP contribution in [0, 0.1) is 11.3 Å². The second-order valence-corrected chi connectivity index (χ2v) is 9.08. The summed E-state index contributed by atoms with van der Waals surface area (Å²) in [6.45, 7) is 3.71. The first-order chi connectivity index (χ1) is 17.2. The summed E-state index contributed by atoms with van der Waals surface area (Å²) in [6, 6.07) is 15.4. The van der Waals surface area contributed by atoms with Crippen LogP contribution < -0.4 is 10.1 Å². The third kappa shape index (κ3) is 4.84. The highest BCUT2D eigenvalue weighted by molar-refractivity contribution is 6.06. The Bertz CT molecular complexity index is 1400. The van der Waals surface area contributed by atoms with Gasteiger partial charge in [0.05, 0.1) is 29.8 Å². The van der Waals surface area contributed by atoms with Gasteiger partial charge in [0.2, 0.25) is 0 Å². The molecule has 0 aliphatic carbocycles. The molecule has 1 aliphatic heterocycles. The van der Waals surface area contributed by atoms with E-state index in [1.54, 1.807) is 19.4 Å². The summed E-state index contributed by atoms with van der Waals surface area (Å²) in [4.78, 5) is 23.0. The number of ether oxygens (including phenoxy) is 1. The highest BCUT2D eigenvalue weighted by atomic mass is 16.5. The van der Waals surface area contributed by atoms with Gasteiger partial charge in [-0.05, 0) is 86.8 Å². The van der Waals surface area contributed by atoms with Crippen molar-refractivity contribution in [2.45, 2.75) is 25.2 Å². The number of H-pyrrole nitrogens is 1. The van der Waals surface area contributed by atoms with E-state index in [4.69, 9.17) is 10.00 Å². The molecule has 0 radical (unpaired) electrons. The van der Waals surface area contributed by atoms with Gasteiger partial charge < -0.3 is 19.9 Å². The van der Waals surface area contributed by atoms with Crippen LogP contribution in [0.3, 0.4) is 0 Å². The van der Waals surface area contributed by atoms with Crippen LogP contribution in [0.5, 0.6) is 5.75 Å². The quantitative estimate of drug-likeness (QED) is 0.388. The van der Waals surface area contributed by atoms with E-state index in [0.717, 1.165) is 55.3 Å². The lowest BCUT2D eigenvalue weighted by Gasteiger charge is -2.32. The normalized spacial score (nSPS) is 14.7. The molecule has 1 fully saturated rings. The first-order valence-corrected chi connectivity index (χ1v) is 12.1. The number of carbonyl (C=O) groups is 1. The Morgan fingerprint density at radius 3 is 2.86 bits per heavy atom. The number of hydrogen-bond acceptors (Lipinski definition) is 5. The Kier molecular flexibility index (Phi) is 6.64. The van der Waals surface area contributed by atoms with Crippen molar-refractivity contribution in [2.75, 3.05) is 33.3 Å². The first kappa shape index (κ1) is 22.9. The molecule has 1 saturated heterocycles. The van der Waals surface area contributed by atoms with Crippen molar-refractivity contribution in [1.82, 2.24) is 20.2 Å². The highest BCUT2D eigenvalue weighted by Gasteiger charge is 2.22. The van der Waals surface area contributed by atoms with E-state index in [9.17, 15) is 4.79 Å². The number of methoxy groups -OCH3 is 1. The second-order valence-electron chi connectivity index (χ2n) is 9.08. The molecule has 3 heterocycles. The zero-order chi connectivity index (χ0) is 24.2. The Hall–Kier alpha value is -3.89. The minimum absolute atomic E-state index is 0.0803. The zero-order valence-electron chi connectivity index (χ0n) is 19.9.